The summed E-state index contributed by atoms with van der Waals surface area (Å²) in [5, 5.41) is 3.99. The fourth-order valence-electron chi connectivity index (χ4n) is 3.10. The maximum Gasteiger partial charge on any atom is 0.271 e. The summed E-state index contributed by atoms with van der Waals surface area (Å²) in [5.74, 6) is -0.470. The van der Waals surface area contributed by atoms with Gasteiger partial charge in [0.1, 0.15) is 0 Å². The van der Waals surface area contributed by atoms with Gasteiger partial charge in [0.15, 0.2) is 0 Å². The molecule has 2 aromatic rings. The van der Waals surface area contributed by atoms with E-state index in [1.165, 1.54) is 16.4 Å². The number of sulfonamides is 1. The first-order valence-electron chi connectivity index (χ1n) is 10.2. The van der Waals surface area contributed by atoms with Crippen molar-refractivity contribution in [1.82, 2.24) is 9.73 Å². The molecule has 0 saturated carbocycles. The molecule has 0 atom stereocenters. The Bertz CT molecular complexity index is 964. The van der Waals surface area contributed by atoms with Crippen LogP contribution in [0.25, 0.3) is 0 Å². The molecule has 2 rings (SSSR count). The normalized spacial score (nSPS) is 11.8. The Balaban J connectivity index is 2.08. The topological polar surface area (TPSA) is 82.1 Å². The average Bonchev–Trinajstić information content (AvgIpc) is 2.76. The van der Waals surface area contributed by atoms with Crippen LogP contribution in [0.3, 0.4) is 0 Å². The Labute approximate surface area is 179 Å². The van der Waals surface area contributed by atoms with E-state index in [-0.39, 0.29) is 10.5 Å². The smallest absolute Gasteiger partial charge is 0.271 e. The predicted octanol–water partition coefficient (Wildman–Crippen LogP) is 3.33. The number of anilines is 1. The Kier molecular flexibility index (Phi) is 8.56. The van der Waals surface area contributed by atoms with Crippen LogP contribution in [0, 0.1) is 0 Å². The first-order chi connectivity index (χ1) is 14.4. The highest BCUT2D eigenvalue weighted by Gasteiger charge is 2.22. The molecule has 162 valence electrons. The number of carbonyl (C=O) groups excluding carboxylic acids is 1. The van der Waals surface area contributed by atoms with Gasteiger partial charge in [-0.3, -0.25) is 4.79 Å². The predicted molar refractivity (Wildman–Crippen MR) is 122 cm³/mol. The van der Waals surface area contributed by atoms with Crippen LogP contribution in [-0.4, -0.2) is 51.0 Å². The van der Waals surface area contributed by atoms with Crippen molar-refractivity contribution < 1.29 is 13.2 Å². The molecule has 0 heterocycles. The molecule has 8 heteroatoms. The molecule has 0 aliphatic heterocycles. The van der Waals surface area contributed by atoms with E-state index in [0.29, 0.717) is 13.1 Å². The number of amides is 1. The highest BCUT2D eigenvalue weighted by atomic mass is 32.2. The lowest BCUT2D eigenvalue weighted by molar-refractivity contribution is 0.0955. The fourth-order valence-corrected chi connectivity index (χ4v) is 4.60. The van der Waals surface area contributed by atoms with Gasteiger partial charge in [-0.25, -0.2) is 13.8 Å². The average molecular weight is 431 g/mol. The molecule has 30 heavy (non-hydrogen) atoms. The van der Waals surface area contributed by atoms with Crippen LogP contribution in [0.5, 0.6) is 0 Å². The molecular weight excluding hydrogens is 400 g/mol. The van der Waals surface area contributed by atoms with Crippen molar-refractivity contribution in [3.63, 3.8) is 0 Å². The molecule has 0 aliphatic carbocycles. The Hall–Kier alpha value is -2.71. The van der Waals surface area contributed by atoms with Crippen LogP contribution in [0.4, 0.5) is 5.69 Å². The van der Waals surface area contributed by atoms with Crippen LogP contribution in [0.1, 0.15) is 43.6 Å². The zero-order valence-corrected chi connectivity index (χ0v) is 18.8. The maximum atomic E-state index is 12.6. The third-order valence-electron chi connectivity index (χ3n) is 4.84. The summed E-state index contributed by atoms with van der Waals surface area (Å²) in [6.45, 7) is 10.4. The van der Waals surface area contributed by atoms with E-state index in [2.05, 4.69) is 29.3 Å². The lowest BCUT2D eigenvalue weighted by Crippen LogP contribution is -2.30. The molecule has 0 aromatic heterocycles. The fraction of sp³-hybridized carbons (Fsp3) is 0.364. The van der Waals surface area contributed by atoms with E-state index >= 15 is 0 Å². The standard InChI is InChI=1S/C22H30N4O3S/c1-5-25(6-2)20-14-12-18(13-15-20)17-23-24-22(27)19-10-9-11-21(16-19)30(28,29)26(7-3)8-4/h9-17H,5-8H2,1-4H3,(H,24,27). The second-order valence-electron chi connectivity index (χ2n) is 6.58. The lowest BCUT2D eigenvalue weighted by atomic mass is 10.2. The van der Waals surface area contributed by atoms with E-state index in [0.717, 1.165) is 24.3 Å². The van der Waals surface area contributed by atoms with Gasteiger partial charge in [0.25, 0.3) is 5.91 Å². The Morgan fingerprint density at radius 1 is 0.967 bits per heavy atom. The number of hydrogen-bond donors (Lipinski definition) is 1. The van der Waals surface area contributed by atoms with E-state index in [4.69, 9.17) is 0 Å². The minimum Gasteiger partial charge on any atom is -0.372 e. The minimum absolute atomic E-state index is 0.0924. The van der Waals surface area contributed by atoms with Gasteiger partial charge in [-0.05, 0) is 49.7 Å². The Morgan fingerprint density at radius 3 is 2.17 bits per heavy atom. The molecule has 2 aromatic carbocycles. The van der Waals surface area contributed by atoms with Crippen LogP contribution < -0.4 is 10.3 Å². The van der Waals surface area contributed by atoms with Crippen LogP contribution in [0.2, 0.25) is 0 Å². The second kappa shape index (κ2) is 10.9. The molecule has 1 amide bonds. The summed E-state index contributed by atoms with van der Waals surface area (Å²) in [7, 11) is -3.63. The number of benzene rings is 2. The first-order valence-corrected chi connectivity index (χ1v) is 11.6. The summed E-state index contributed by atoms with van der Waals surface area (Å²) < 4.78 is 26.6. The van der Waals surface area contributed by atoms with Gasteiger partial charge in [-0.2, -0.15) is 9.41 Å². The van der Waals surface area contributed by atoms with Gasteiger partial charge in [0, 0.05) is 37.4 Å². The number of nitrogens with one attached hydrogen (secondary N) is 1. The summed E-state index contributed by atoms with van der Waals surface area (Å²) in [5.41, 5.74) is 4.67. The van der Waals surface area contributed by atoms with E-state index in [1.807, 2.05) is 24.3 Å². The molecule has 0 spiro atoms. The summed E-state index contributed by atoms with van der Waals surface area (Å²) in [4.78, 5) is 14.7. The highest BCUT2D eigenvalue weighted by molar-refractivity contribution is 7.89. The minimum atomic E-state index is -3.63. The van der Waals surface area contributed by atoms with E-state index in [1.54, 1.807) is 32.2 Å². The van der Waals surface area contributed by atoms with Gasteiger partial charge in [-0.15, -0.1) is 0 Å². The number of hydrogen-bond acceptors (Lipinski definition) is 5. The molecule has 1 N–H and O–H groups in total. The third kappa shape index (κ3) is 5.67. The van der Waals surface area contributed by atoms with Crippen molar-refractivity contribution in [3.8, 4) is 0 Å². The number of nitrogens with zero attached hydrogens (tertiary/aromatic N) is 3. The van der Waals surface area contributed by atoms with Gasteiger partial charge in [-0.1, -0.05) is 32.0 Å². The van der Waals surface area contributed by atoms with Crippen molar-refractivity contribution in [2.45, 2.75) is 32.6 Å². The zero-order valence-electron chi connectivity index (χ0n) is 18.0. The van der Waals surface area contributed by atoms with Crippen molar-refractivity contribution in [3.05, 3.63) is 59.7 Å². The van der Waals surface area contributed by atoms with Crippen LogP contribution in [-0.2, 0) is 10.0 Å². The quantitative estimate of drug-likeness (QED) is 0.463. The summed E-state index contributed by atoms with van der Waals surface area (Å²) in [6.07, 6.45) is 1.56. The van der Waals surface area contributed by atoms with Crippen molar-refractivity contribution >= 4 is 27.8 Å². The first kappa shape index (κ1) is 23.6. The molecular formula is C22H30N4O3S. The number of rotatable bonds is 10. The van der Waals surface area contributed by atoms with Gasteiger partial charge < -0.3 is 4.90 Å². The van der Waals surface area contributed by atoms with Gasteiger partial charge in [0.2, 0.25) is 10.0 Å². The zero-order chi connectivity index (χ0) is 22.1. The lowest BCUT2D eigenvalue weighted by Gasteiger charge is -2.20. The van der Waals surface area contributed by atoms with E-state index in [9.17, 15) is 13.2 Å². The van der Waals surface area contributed by atoms with Crippen molar-refractivity contribution in [2.75, 3.05) is 31.1 Å². The molecule has 0 unspecified atom stereocenters. The molecule has 0 saturated heterocycles. The van der Waals surface area contributed by atoms with Gasteiger partial charge >= 0.3 is 0 Å². The van der Waals surface area contributed by atoms with Crippen LogP contribution >= 0.6 is 0 Å². The maximum absolute atomic E-state index is 12.6. The third-order valence-corrected chi connectivity index (χ3v) is 6.89. The largest absolute Gasteiger partial charge is 0.372 e. The number of hydrazone groups is 1. The highest BCUT2D eigenvalue weighted by Crippen LogP contribution is 2.17. The molecule has 0 aliphatic rings. The van der Waals surface area contributed by atoms with Crippen molar-refractivity contribution in [1.29, 1.82) is 0 Å². The Morgan fingerprint density at radius 2 is 1.60 bits per heavy atom. The molecule has 0 bridgehead atoms. The SMILES string of the molecule is CCN(CC)c1ccc(C=NNC(=O)c2cccc(S(=O)(=O)N(CC)CC)c2)cc1. The molecule has 0 fully saturated rings. The number of carbonyl (C=O) groups is 1. The summed E-state index contributed by atoms with van der Waals surface area (Å²) >= 11 is 0. The monoisotopic (exact) mass is 430 g/mol. The summed E-state index contributed by atoms with van der Waals surface area (Å²) in [6, 6.07) is 13.9. The van der Waals surface area contributed by atoms with Crippen molar-refractivity contribution in [2.24, 2.45) is 5.10 Å². The second-order valence-corrected chi connectivity index (χ2v) is 8.52. The van der Waals surface area contributed by atoms with Crippen LogP contribution in [0.15, 0.2) is 58.5 Å². The molecule has 0 radical (unpaired) electrons. The van der Waals surface area contributed by atoms with E-state index < -0.39 is 15.9 Å². The molecule has 7 nitrogen and oxygen atoms in total. The van der Waals surface area contributed by atoms with Gasteiger partial charge in [0.05, 0.1) is 11.1 Å².